The third-order valence-electron chi connectivity index (χ3n) is 8.17. The van der Waals surface area contributed by atoms with Crippen LogP contribution >= 0.6 is 0 Å². The van der Waals surface area contributed by atoms with Crippen LogP contribution in [0.2, 0.25) is 0 Å². The van der Waals surface area contributed by atoms with Crippen molar-refractivity contribution in [3.8, 4) is 17.7 Å². The number of ether oxygens (including phenoxy) is 3. The molecular formula is C34H33F2N7O4. The molecule has 47 heavy (non-hydrogen) atoms. The number of aryl methyl sites for hydroxylation is 1. The van der Waals surface area contributed by atoms with Gasteiger partial charge < -0.3 is 23.3 Å². The summed E-state index contributed by atoms with van der Waals surface area (Å²) in [5, 5.41) is 8.93. The van der Waals surface area contributed by atoms with Crippen molar-refractivity contribution in [2.75, 3.05) is 20.2 Å². The van der Waals surface area contributed by atoms with Crippen molar-refractivity contribution in [1.29, 1.82) is 5.26 Å². The SMILES string of the molecule is CCn1cncc1Cn1c(CN2CCC(Oc3cccc(COc4ccc(C#N)cc4F)n3)CC2)nc2c(F)cc(C(=O)OC)cc21. The molecule has 3 aromatic heterocycles. The number of rotatable bonds is 11. The lowest BCUT2D eigenvalue weighted by atomic mass is 10.1. The summed E-state index contributed by atoms with van der Waals surface area (Å²) in [7, 11) is 1.27. The minimum atomic E-state index is -0.617. The van der Waals surface area contributed by atoms with Crippen molar-refractivity contribution in [1.82, 2.24) is 29.0 Å². The second-order valence-electron chi connectivity index (χ2n) is 11.2. The van der Waals surface area contributed by atoms with Crippen molar-refractivity contribution >= 4 is 17.0 Å². The van der Waals surface area contributed by atoms with Crippen LogP contribution in [0, 0.1) is 23.0 Å². The number of halogens is 2. The Bertz CT molecular complexity index is 1940. The molecule has 4 heterocycles. The van der Waals surface area contributed by atoms with Crippen LogP contribution in [0.3, 0.4) is 0 Å². The molecule has 0 bridgehead atoms. The summed E-state index contributed by atoms with van der Waals surface area (Å²) in [6, 6.07) is 14.1. The van der Waals surface area contributed by atoms with Crippen LogP contribution in [0.1, 0.15) is 52.9 Å². The highest BCUT2D eigenvalue weighted by molar-refractivity contribution is 5.94. The lowest BCUT2D eigenvalue weighted by molar-refractivity contribution is 0.0600. The minimum absolute atomic E-state index is 0.0419. The van der Waals surface area contributed by atoms with Crippen LogP contribution in [0.25, 0.3) is 11.0 Å². The number of nitriles is 1. The average Bonchev–Trinajstić information content (AvgIpc) is 3.69. The highest BCUT2D eigenvalue weighted by atomic mass is 19.1. The van der Waals surface area contributed by atoms with E-state index in [4.69, 9.17) is 24.5 Å². The summed E-state index contributed by atoms with van der Waals surface area (Å²) in [6.07, 6.45) is 4.95. The molecule has 13 heteroatoms. The molecular weight excluding hydrogens is 608 g/mol. The molecule has 0 radical (unpaired) electrons. The Labute approximate surface area is 270 Å². The first kappa shape index (κ1) is 31.6. The maximum atomic E-state index is 15.2. The first-order valence-corrected chi connectivity index (χ1v) is 15.3. The first-order chi connectivity index (χ1) is 22.8. The number of piperidine rings is 1. The molecule has 0 atom stereocenters. The highest BCUT2D eigenvalue weighted by Gasteiger charge is 2.25. The van der Waals surface area contributed by atoms with Gasteiger partial charge in [-0.3, -0.25) is 4.90 Å². The molecule has 0 amide bonds. The number of fused-ring (bicyclic) bond motifs is 1. The van der Waals surface area contributed by atoms with E-state index in [1.165, 1.54) is 19.2 Å². The van der Waals surface area contributed by atoms with Crippen molar-refractivity contribution in [3.05, 3.63) is 101 Å². The number of carbonyl (C=O) groups excluding carboxylic acids is 1. The lowest BCUT2D eigenvalue weighted by Gasteiger charge is -2.31. The summed E-state index contributed by atoms with van der Waals surface area (Å²) in [6.45, 7) is 5.12. The van der Waals surface area contributed by atoms with Gasteiger partial charge in [-0.15, -0.1) is 0 Å². The van der Waals surface area contributed by atoms with Gasteiger partial charge in [0.25, 0.3) is 0 Å². The molecule has 5 aromatic rings. The molecule has 1 fully saturated rings. The number of methoxy groups -OCH3 is 1. The van der Waals surface area contributed by atoms with E-state index >= 15 is 4.39 Å². The molecule has 0 aliphatic carbocycles. The second-order valence-corrected chi connectivity index (χ2v) is 11.2. The molecule has 242 valence electrons. The van der Waals surface area contributed by atoms with Crippen LogP contribution in [0.15, 0.2) is 61.1 Å². The van der Waals surface area contributed by atoms with E-state index in [1.807, 2.05) is 28.2 Å². The third kappa shape index (κ3) is 7.07. The van der Waals surface area contributed by atoms with Gasteiger partial charge in [-0.25, -0.2) is 28.5 Å². The van der Waals surface area contributed by atoms with Gasteiger partial charge in [-0.05, 0) is 56.2 Å². The third-order valence-corrected chi connectivity index (χ3v) is 8.17. The van der Waals surface area contributed by atoms with Gasteiger partial charge in [0.2, 0.25) is 5.88 Å². The van der Waals surface area contributed by atoms with Crippen LogP contribution < -0.4 is 9.47 Å². The van der Waals surface area contributed by atoms with E-state index in [0.717, 1.165) is 50.3 Å². The molecule has 11 nitrogen and oxygen atoms in total. The van der Waals surface area contributed by atoms with E-state index in [2.05, 4.69) is 14.9 Å². The maximum Gasteiger partial charge on any atom is 0.338 e. The highest BCUT2D eigenvalue weighted by Crippen LogP contribution is 2.26. The number of aromatic nitrogens is 5. The fourth-order valence-corrected chi connectivity index (χ4v) is 5.69. The summed E-state index contributed by atoms with van der Waals surface area (Å²) in [5.41, 5.74) is 2.57. The van der Waals surface area contributed by atoms with Crippen molar-refractivity contribution < 1.29 is 27.8 Å². The van der Waals surface area contributed by atoms with Gasteiger partial charge in [-0.2, -0.15) is 5.26 Å². The Morgan fingerprint density at radius 3 is 2.64 bits per heavy atom. The number of pyridine rings is 1. The standard InChI is InChI=1S/C34H33F2N7O4/c1-3-42-21-38-17-25(42)18-43-29-15-23(34(44)45-2)14-28(36)33(29)40-31(43)19-41-11-9-26(10-12-41)47-32-6-4-5-24(39-32)20-46-30-8-7-22(16-37)13-27(30)35/h4-8,13-15,17,21,26H,3,9-12,18-20H2,1-2H3. The summed E-state index contributed by atoms with van der Waals surface area (Å²) < 4.78 is 50.0. The molecule has 1 aliphatic rings. The smallest absolute Gasteiger partial charge is 0.338 e. The van der Waals surface area contributed by atoms with Crippen LogP contribution in [-0.2, 0) is 31.0 Å². The fraction of sp³-hybridized carbons (Fsp3) is 0.324. The van der Waals surface area contributed by atoms with E-state index < -0.39 is 17.6 Å². The van der Waals surface area contributed by atoms with Gasteiger partial charge >= 0.3 is 5.97 Å². The molecule has 0 unspecified atom stereocenters. The zero-order chi connectivity index (χ0) is 32.9. The van der Waals surface area contributed by atoms with E-state index in [1.54, 1.807) is 30.7 Å². The largest absolute Gasteiger partial charge is 0.484 e. The topological polar surface area (TPSA) is 120 Å². The number of hydrogen-bond acceptors (Lipinski definition) is 9. The normalized spacial score (nSPS) is 13.9. The Morgan fingerprint density at radius 1 is 1.06 bits per heavy atom. The average molecular weight is 642 g/mol. The number of likely N-dealkylation sites (tertiary alicyclic amines) is 1. The molecule has 0 spiro atoms. The first-order valence-electron chi connectivity index (χ1n) is 15.3. The van der Waals surface area contributed by atoms with E-state index in [-0.39, 0.29) is 35.1 Å². The van der Waals surface area contributed by atoms with Crippen LogP contribution in [-0.4, -0.2) is 61.3 Å². The number of benzene rings is 2. The Balaban J connectivity index is 1.12. The van der Waals surface area contributed by atoms with Gasteiger partial charge in [-0.1, -0.05) is 6.07 Å². The predicted molar refractivity (Wildman–Crippen MR) is 167 cm³/mol. The van der Waals surface area contributed by atoms with Crippen LogP contribution in [0.5, 0.6) is 11.6 Å². The minimum Gasteiger partial charge on any atom is -0.484 e. The number of carbonyl (C=O) groups is 1. The number of esters is 1. The lowest BCUT2D eigenvalue weighted by Crippen LogP contribution is -2.38. The second kappa shape index (κ2) is 14.0. The van der Waals surface area contributed by atoms with Gasteiger partial charge in [0.1, 0.15) is 24.1 Å². The molecule has 1 saturated heterocycles. The van der Waals surface area contributed by atoms with Gasteiger partial charge in [0.05, 0.1) is 60.6 Å². The zero-order valence-corrected chi connectivity index (χ0v) is 26.0. The maximum absolute atomic E-state index is 15.2. The van der Waals surface area contributed by atoms with Gasteiger partial charge in [0, 0.05) is 31.9 Å². The Hall–Kier alpha value is -5.35. The molecule has 0 saturated carbocycles. The van der Waals surface area contributed by atoms with E-state index in [0.29, 0.717) is 36.0 Å². The monoisotopic (exact) mass is 641 g/mol. The summed E-state index contributed by atoms with van der Waals surface area (Å²) >= 11 is 0. The molecule has 6 rings (SSSR count). The van der Waals surface area contributed by atoms with Crippen LogP contribution in [0.4, 0.5) is 8.78 Å². The fourth-order valence-electron chi connectivity index (χ4n) is 5.69. The molecule has 2 aromatic carbocycles. The Morgan fingerprint density at radius 2 is 1.89 bits per heavy atom. The van der Waals surface area contributed by atoms with Crippen molar-refractivity contribution in [2.24, 2.45) is 0 Å². The summed E-state index contributed by atoms with van der Waals surface area (Å²) in [4.78, 5) is 28.0. The number of nitrogens with zero attached hydrogens (tertiary/aromatic N) is 7. The van der Waals surface area contributed by atoms with Crippen molar-refractivity contribution in [2.45, 2.75) is 52.1 Å². The predicted octanol–water partition coefficient (Wildman–Crippen LogP) is 5.25. The quantitative estimate of drug-likeness (QED) is 0.178. The zero-order valence-electron chi connectivity index (χ0n) is 26.0. The number of imidazole rings is 2. The Kier molecular flexibility index (Phi) is 9.40. The van der Waals surface area contributed by atoms with E-state index in [9.17, 15) is 9.18 Å². The summed E-state index contributed by atoms with van der Waals surface area (Å²) in [5.74, 6) is -0.633. The van der Waals surface area contributed by atoms with Crippen molar-refractivity contribution in [3.63, 3.8) is 0 Å². The molecule has 1 aliphatic heterocycles. The van der Waals surface area contributed by atoms with Gasteiger partial charge in [0.15, 0.2) is 17.4 Å². The molecule has 0 N–H and O–H groups in total. The number of hydrogen-bond donors (Lipinski definition) is 0.